The Labute approximate surface area is 200 Å². The summed E-state index contributed by atoms with van der Waals surface area (Å²) in [4.78, 5) is 17.5. The van der Waals surface area contributed by atoms with Crippen LogP contribution < -0.4 is 14.8 Å². The van der Waals surface area contributed by atoms with E-state index in [9.17, 15) is 4.79 Å². The van der Waals surface area contributed by atoms with Crippen LogP contribution in [0.15, 0.2) is 66.7 Å². The summed E-state index contributed by atoms with van der Waals surface area (Å²) < 4.78 is 13.9. The standard InChI is InChI=1S/C28H31N3O3/c1-4-33-25-11-7-8-12-26(25)34-18-17-31-24-10-6-5-9-23(24)30-27(31)15-16-29-28(32)22-14-13-20(2)19-21(22)3/h5-14,19H,4,15-18H2,1-3H3,(H,29,32). The number of aryl methyl sites for hydroxylation is 2. The molecule has 0 saturated heterocycles. The van der Waals surface area contributed by atoms with Crippen LogP contribution in [0.2, 0.25) is 0 Å². The number of imidazole rings is 1. The fraction of sp³-hybridized carbons (Fsp3) is 0.286. The van der Waals surface area contributed by atoms with Crippen LogP contribution in [0.1, 0.15) is 34.2 Å². The average molecular weight is 458 g/mol. The van der Waals surface area contributed by atoms with Gasteiger partial charge in [0.15, 0.2) is 11.5 Å². The molecule has 0 radical (unpaired) electrons. The minimum atomic E-state index is -0.0592. The molecule has 0 saturated carbocycles. The summed E-state index contributed by atoms with van der Waals surface area (Å²) >= 11 is 0. The molecular weight excluding hydrogens is 426 g/mol. The molecule has 6 nitrogen and oxygen atoms in total. The predicted molar refractivity (Wildman–Crippen MR) is 135 cm³/mol. The first kappa shape index (κ1) is 23.4. The van der Waals surface area contributed by atoms with E-state index in [4.69, 9.17) is 14.5 Å². The van der Waals surface area contributed by atoms with Crippen LogP contribution in [0, 0.1) is 13.8 Å². The Morgan fingerprint density at radius 1 is 0.971 bits per heavy atom. The molecule has 4 rings (SSSR count). The molecule has 176 valence electrons. The van der Waals surface area contributed by atoms with E-state index in [2.05, 4.69) is 16.0 Å². The topological polar surface area (TPSA) is 65.4 Å². The number of benzene rings is 3. The number of amides is 1. The van der Waals surface area contributed by atoms with E-state index in [0.717, 1.165) is 39.5 Å². The van der Waals surface area contributed by atoms with Gasteiger partial charge in [-0.3, -0.25) is 4.79 Å². The number of para-hydroxylation sites is 4. The Hall–Kier alpha value is -3.80. The number of rotatable bonds is 10. The quantitative estimate of drug-likeness (QED) is 0.360. The van der Waals surface area contributed by atoms with E-state index < -0.39 is 0 Å². The third-order valence-corrected chi connectivity index (χ3v) is 5.72. The maximum Gasteiger partial charge on any atom is 0.251 e. The lowest BCUT2D eigenvalue weighted by Crippen LogP contribution is -2.27. The third kappa shape index (κ3) is 5.39. The molecule has 3 aromatic carbocycles. The van der Waals surface area contributed by atoms with E-state index in [1.54, 1.807) is 0 Å². The first-order valence-corrected chi connectivity index (χ1v) is 11.7. The van der Waals surface area contributed by atoms with Gasteiger partial charge in [-0.25, -0.2) is 4.98 Å². The fourth-order valence-corrected chi connectivity index (χ4v) is 4.11. The van der Waals surface area contributed by atoms with Gasteiger partial charge in [0.25, 0.3) is 5.91 Å². The van der Waals surface area contributed by atoms with Crippen molar-refractivity contribution >= 4 is 16.9 Å². The van der Waals surface area contributed by atoms with Crippen molar-refractivity contribution in [3.05, 3.63) is 89.2 Å². The molecule has 0 aliphatic rings. The zero-order valence-corrected chi connectivity index (χ0v) is 20.0. The van der Waals surface area contributed by atoms with Crippen LogP contribution in [0.3, 0.4) is 0 Å². The first-order chi connectivity index (χ1) is 16.6. The third-order valence-electron chi connectivity index (χ3n) is 5.72. The summed E-state index contributed by atoms with van der Waals surface area (Å²) in [7, 11) is 0. The van der Waals surface area contributed by atoms with Gasteiger partial charge in [-0.2, -0.15) is 0 Å². The number of nitrogens with one attached hydrogen (secondary N) is 1. The van der Waals surface area contributed by atoms with Crippen molar-refractivity contribution in [3.63, 3.8) is 0 Å². The number of carbonyl (C=O) groups excluding carboxylic acids is 1. The van der Waals surface area contributed by atoms with E-state index in [0.29, 0.717) is 38.3 Å². The van der Waals surface area contributed by atoms with Gasteiger partial charge in [0, 0.05) is 18.5 Å². The highest BCUT2D eigenvalue weighted by Gasteiger charge is 2.13. The monoisotopic (exact) mass is 457 g/mol. The van der Waals surface area contributed by atoms with E-state index in [1.165, 1.54) is 0 Å². The summed E-state index contributed by atoms with van der Waals surface area (Å²) in [6.07, 6.45) is 0.626. The Kier molecular flexibility index (Phi) is 7.48. The van der Waals surface area contributed by atoms with E-state index >= 15 is 0 Å². The normalized spacial score (nSPS) is 10.9. The molecule has 0 atom stereocenters. The van der Waals surface area contributed by atoms with Gasteiger partial charge in [-0.05, 0) is 56.7 Å². The van der Waals surface area contributed by atoms with Crippen molar-refractivity contribution in [1.29, 1.82) is 0 Å². The van der Waals surface area contributed by atoms with Gasteiger partial charge in [0.05, 0.1) is 24.2 Å². The summed E-state index contributed by atoms with van der Waals surface area (Å²) in [6.45, 7) is 8.16. The van der Waals surface area contributed by atoms with Gasteiger partial charge in [0.2, 0.25) is 0 Å². The second-order valence-electron chi connectivity index (χ2n) is 8.22. The minimum absolute atomic E-state index is 0.0592. The highest BCUT2D eigenvalue weighted by atomic mass is 16.5. The summed E-state index contributed by atoms with van der Waals surface area (Å²) in [5.41, 5.74) is 4.83. The molecule has 1 heterocycles. The van der Waals surface area contributed by atoms with Crippen LogP contribution in [0.5, 0.6) is 11.5 Å². The van der Waals surface area contributed by atoms with Gasteiger partial charge < -0.3 is 19.4 Å². The van der Waals surface area contributed by atoms with Gasteiger partial charge in [-0.1, -0.05) is 42.0 Å². The van der Waals surface area contributed by atoms with E-state index in [1.807, 2.05) is 81.4 Å². The second kappa shape index (κ2) is 10.9. The molecule has 0 spiro atoms. The SMILES string of the molecule is CCOc1ccccc1OCCn1c(CCNC(=O)c2ccc(C)cc2C)nc2ccccc21. The van der Waals surface area contributed by atoms with Gasteiger partial charge in [-0.15, -0.1) is 0 Å². The van der Waals surface area contributed by atoms with Crippen LogP contribution >= 0.6 is 0 Å². The molecule has 1 aromatic heterocycles. The molecular formula is C28H31N3O3. The Morgan fingerprint density at radius 2 is 1.71 bits per heavy atom. The predicted octanol–water partition coefficient (Wildman–Crippen LogP) is 5.10. The number of hydrogen-bond acceptors (Lipinski definition) is 4. The minimum Gasteiger partial charge on any atom is -0.490 e. The number of carbonyl (C=O) groups is 1. The smallest absolute Gasteiger partial charge is 0.251 e. The molecule has 1 amide bonds. The molecule has 4 aromatic rings. The maximum atomic E-state index is 12.7. The van der Waals surface area contributed by atoms with Gasteiger partial charge >= 0.3 is 0 Å². The van der Waals surface area contributed by atoms with Crippen LogP contribution in [0.25, 0.3) is 11.0 Å². The molecule has 1 N–H and O–H groups in total. The second-order valence-corrected chi connectivity index (χ2v) is 8.22. The molecule has 0 fully saturated rings. The summed E-state index contributed by atoms with van der Waals surface area (Å²) in [5.74, 6) is 2.34. The molecule has 0 aliphatic carbocycles. The van der Waals surface area contributed by atoms with Crippen LogP contribution in [0.4, 0.5) is 0 Å². The number of fused-ring (bicyclic) bond motifs is 1. The zero-order valence-electron chi connectivity index (χ0n) is 20.0. The highest BCUT2D eigenvalue weighted by molar-refractivity contribution is 5.95. The van der Waals surface area contributed by atoms with E-state index in [-0.39, 0.29) is 5.91 Å². The van der Waals surface area contributed by atoms with Crippen molar-refractivity contribution in [2.24, 2.45) is 0 Å². The molecule has 0 unspecified atom stereocenters. The van der Waals surface area contributed by atoms with Crippen molar-refractivity contribution in [3.8, 4) is 11.5 Å². The van der Waals surface area contributed by atoms with Crippen LogP contribution in [-0.2, 0) is 13.0 Å². The summed E-state index contributed by atoms with van der Waals surface area (Å²) in [6, 6.07) is 21.6. The largest absolute Gasteiger partial charge is 0.490 e. The van der Waals surface area contributed by atoms with Crippen LogP contribution in [-0.4, -0.2) is 35.2 Å². The lowest BCUT2D eigenvalue weighted by molar-refractivity contribution is 0.0953. The molecule has 0 bridgehead atoms. The Morgan fingerprint density at radius 3 is 2.47 bits per heavy atom. The Bertz CT molecular complexity index is 1280. The number of ether oxygens (including phenoxy) is 2. The average Bonchev–Trinajstić information content (AvgIpc) is 3.17. The fourth-order valence-electron chi connectivity index (χ4n) is 4.11. The lowest BCUT2D eigenvalue weighted by Gasteiger charge is -2.14. The molecule has 34 heavy (non-hydrogen) atoms. The first-order valence-electron chi connectivity index (χ1n) is 11.7. The highest BCUT2D eigenvalue weighted by Crippen LogP contribution is 2.26. The van der Waals surface area contributed by atoms with Gasteiger partial charge in [0.1, 0.15) is 12.4 Å². The zero-order chi connectivity index (χ0) is 23.9. The van der Waals surface area contributed by atoms with Crippen molar-refractivity contribution < 1.29 is 14.3 Å². The Balaban J connectivity index is 1.43. The van der Waals surface area contributed by atoms with Crippen molar-refractivity contribution in [1.82, 2.24) is 14.9 Å². The lowest BCUT2D eigenvalue weighted by atomic mass is 10.1. The number of hydrogen-bond donors (Lipinski definition) is 1. The van der Waals surface area contributed by atoms with Crippen molar-refractivity contribution in [2.45, 2.75) is 33.7 Å². The summed E-state index contributed by atoms with van der Waals surface area (Å²) in [5, 5.41) is 3.04. The molecule has 0 aliphatic heterocycles. The number of nitrogens with zero attached hydrogens (tertiary/aromatic N) is 2. The molecule has 6 heteroatoms. The van der Waals surface area contributed by atoms with Crippen molar-refractivity contribution in [2.75, 3.05) is 19.8 Å². The number of aromatic nitrogens is 2. The maximum absolute atomic E-state index is 12.7.